The molecule has 2 aliphatic heterocycles. The zero-order valence-corrected chi connectivity index (χ0v) is 19.0. The molecule has 0 aliphatic carbocycles. The van der Waals surface area contributed by atoms with Crippen LogP contribution in [0.2, 0.25) is 0 Å². The van der Waals surface area contributed by atoms with Gasteiger partial charge in [0, 0.05) is 54.1 Å². The molecule has 7 nitrogen and oxygen atoms in total. The minimum absolute atomic E-state index is 0.0154. The lowest BCUT2D eigenvalue weighted by Crippen LogP contribution is -2.39. The van der Waals surface area contributed by atoms with Crippen molar-refractivity contribution in [2.45, 2.75) is 65.5 Å². The third kappa shape index (κ3) is 5.16. The number of likely N-dealkylation sites (tertiary alicyclic amines) is 1. The SMILES string of the molecule is Cc1cc(C)nc(N2CCC(C(=O)Nc3ncc(CN4CCCCC4C)s3)CC2)n1. The molecule has 2 aliphatic rings. The van der Waals surface area contributed by atoms with Crippen molar-refractivity contribution in [3.05, 3.63) is 28.5 Å². The molecular weight excluding hydrogens is 396 g/mol. The third-order valence-corrected chi connectivity index (χ3v) is 7.10. The first-order valence-corrected chi connectivity index (χ1v) is 11.9. The quantitative estimate of drug-likeness (QED) is 0.781. The Bertz CT molecular complexity index is 856. The summed E-state index contributed by atoms with van der Waals surface area (Å²) >= 11 is 1.61. The Kier molecular flexibility index (Phi) is 6.63. The minimum atomic E-state index is 0.0154. The van der Waals surface area contributed by atoms with Gasteiger partial charge in [0.15, 0.2) is 5.13 Å². The number of rotatable bonds is 5. The van der Waals surface area contributed by atoms with Gasteiger partial charge in [-0.15, -0.1) is 11.3 Å². The fraction of sp³-hybridized carbons (Fsp3) is 0.636. The summed E-state index contributed by atoms with van der Waals surface area (Å²) in [5.41, 5.74) is 1.96. The van der Waals surface area contributed by atoms with E-state index in [1.807, 2.05) is 26.1 Å². The third-order valence-electron chi connectivity index (χ3n) is 6.20. The summed E-state index contributed by atoms with van der Waals surface area (Å²) in [7, 11) is 0. The molecule has 0 saturated carbocycles. The number of hydrogen-bond acceptors (Lipinski definition) is 7. The molecule has 2 saturated heterocycles. The second-order valence-electron chi connectivity index (χ2n) is 8.65. The van der Waals surface area contributed by atoms with Crippen LogP contribution in [-0.2, 0) is 11.3 Å². The van der Waals surface area contributed by atoms with Gasteiger partial charge in [0.2, 0.25) is 11.9 Å². The minimum Gasteiger partial charge on any atom is -0.341 e. The summed E-state index contributed by atoms with van der Waals surface area (Å²) in [6, 6.07) is 2.61. The molecule has 1 unspecified atom stereocenters. The smallest absolute Gasteiger partial charge is 0.229 e. The Balaban J connectivity index is 1.28. The van der Waals surface area contributed by atoms with Crippen molar-refractivity contribution >= 4 is 28.3 Å². The number of piperidine rings is 2. The molecule has 162 valence electrons. The fourth-order valence-electron chi connectivity index (χ4n) is 4.43. The van der Waals surface area contributed by atoms with Crippen LogP contribution in [0.1, 0.15) is 55.3 Å². The molecule has 1 N–H and O–H groups in total. The van der Waals surface area contributed by atoms with Crippen molar-refractivity contribution < 1.29 is 4.79 Å². The normalized spacial score (nSPS) is 21.0. The number of aryl methyl sites for hydroxylation is 2. The summed E-state index contributed by atoms with van der Waals surface area (Å²) < 4.78 is 0. The predicted molar refractivity (Wildman–Crippen MR) is 121 cm³/mol. The first kappa shape index (κ1) is 21.2. The van der Waals surface area contributed by atoms with Crippen molar-refractivity contribution in [2.24, 2.45) is 5.92 Å². The largest absolute Gasteiger partial charge is 0.341 e. The lowest BCUT2D eigenvalue weighted by molar-refractivity contribution is -0.120. The Morgan fingerprint density at radius 2 is 1.87 bits per heavy atom. The summed E-state index contributed by atoms with van der Waals surface area (Å²) in [4.78, 5) is 32.3. The number of carbonyl (C=O) groups is 1. The van der Waals surface area contributed by atoms with E-state index in [0.717, 1.165) is 61.5 Å². The van der Waals surface area contributed by atoms with E-state index in [0.29, 0.717) is 6.04 Å². The Morgan fingerprint density at radius 1 is 1.13 bits per heavy atom. The zero-order chi connectivity index (χ0) is 21.1. The maximum Gasteiger partial charge on any atom is 0.229 e. The van der Waals surface area contributed by atoms with Gasteiger partial charge >= 0.3 is 0 Å². The van der Waals surface area contributed by atoms with E-state index in [9.17, 15) is 4.79 Å². The number of amides is 1. The van der Waals surface area contributed by atoms with Gasteiger partial charge < -0.3 is 10.2 Å². The highest BCUT2D eigenvalue weighted by Crippen LogP contribution is 2.26. The van der Waals surface area contributed by atoms with Crippen LogP contribution < -0.4 is 10.2 Å². The fourth-order valence-corrected chi connectivity index (χ4v) is 5.27. The second-order valence-corrected chi connectivity index (χ2v) is 9.76. The number of hydrogen-bond donors (Lipinski definition) is 1. The van der Waals surface area contributed by atoms with Gasteiger partial charge in [-0.25, -0.2) is 15.0 Å². The lowest BCUT2D eigenvalue weighted by Gasteiger charge is -2.32. The highest BCUT2D eigenvalue weighted by molar-refractivity contribution is 7.15. The maximum absolute atomic E-state index is 12.8. The van der Waals surface area contributed by atoms with Crippen LogP contribution in [0.4, 0.5) is 11.1 Å². The van der Waals surface area contributed by atoms with Crippen molar-refractivity contribution in [3.63, 3.8) is 0 Å². The van der Waals surface area contributed by atoms with Crippen LogP contribution in [0.25, 0.3) is 0 Å². The van der Waals surface area contributed by atoms with Gasteiger partial charge in [-0.3, -0.25) is 9.69 Å². The molecule has 2 aromatic rings. The molecule has 4 heterocycles. The van der Waals surface area contributed by atoms with E-state index in [4.69, 9.17) is 0 Å². The van der Waals surface area contributed by atoms with E-state index in [1.165, 1.54) is 24.1 Å². The van der Waals surface area contributed by atoms with Crippen molar-refractivity contribution in [1.29, 1.82) is 0 Å². The number of anilines is 2. The number of thiazole rings is 1. The number of nitrogens with one attached hydrogen (secondary N) is 1. The topological polar surface area (TPSA) is 74.2 Å². The molecular formula is C22H32N6OS. The Morgan fingerprint density at radius 3 is 2.57 bits per heavy atom. The van der Waals surface area contributed by atoms with Crippen molar-refractivity contribution in [1.82, 2.24) is 19.9 Å². The summed E-state index contributed by atoms with van der Waals surface area (Å²) in [5.74, 6) is 0.882. The van der Waals surface area contributed by atoms with Crippen LogP contribution in [0.15, 0.2) is 12.3 Å². The average Bonchev–Trinajstić information content (AvgIpc) is 3.16. The molecule has 30 heavy (non-hydrogen) atoms. The van der Waals surface area contributed by atoms with Crippen LogP contribution in [0.5, 0.6) is 0 Å². The van der Waals surface area contributed by atoms with Crippen LogP contribution >= 0.6 is 11.3 Å². The standard InChI is InChI=1S/C22H32N6OS/c1-15-12-16(2)25-21(24-15)27-10-7-18(8-11-27)20(29)26-22-23-13-19(30-22)14-28-9-5-4-6-17(28)3/h12-13,17-18H,4-11,14H2,1-3H3,(H,23,26,29). The molecule has 4 rings (SSSR count). The maximum atomic E-state index is 12.8. The van der Waals surface area contributed by atoms with E-state index >= 15 is 0 Å². The summed E-state index contributed by atoms with van der Waals surface area (Å²) in [6.07, 6.45) is 7.42. The number of aromatic nitrogens is 3. The highest BCUT2D eigenvalue weighted by atomic mass is 32.1. The van der Waals surface area contributed by atoms with E-state index < -0.39 is 0 Å². The molecule has 1 amide bonds. The summed E-state index contributed by atoms with van der Waals surface area (Å²) in [5, 5.41) is 3.78. The van der Waals surface area contributed by atoms with Crippen molar-refractivity contribution in [3.8, 4) is 0 Å². The predicted octanol–water partition coefficient (Wildman–Crippen LogP) is 3.78. The first-order chi connectivity index (χ1) is 14.5. The van der Waals surface area contributed by atoms with Crippen LogP contribution in [0.3, 0.4) is 0 Å². The number of nitrogens with zero attached hydrogens (tertiary/aromatic N) is 5. The molecule has 0 spiro atoms. The summed E-state index contributed by atoms with van der Waals surface area (Å²) in [6.45, 7) is 9.98. The van der Waals surface area contributed by atoms with E-state index in [2.05, 4.69) is 37.0 Å². The molecule has 1 atom stereocenters. The molecule has 2 aromatic heterocycles. The van der Waals surface area contributed by atoms with Gasteiger partial charge in [0.05, 0.1) is 0 Å². The van der Waals surface area contributed by atoms with Gasteiger partial charge in [-0.1, -0.05) is 6.42 Å². The van der Waals surface area contributed by atoms with Crippen LogP contribution in [0, 0.1) is 19.8 Å². The van der Waals surface area contributed by atoms with Crippen LogP contribution in [-0.4, -0.2) is 51.4 Å². The van der Waals surface area contributed by atoms with E-state index in [1.54, 1.807) is 11.3 Å². The van der Waals surface area contributed by atoms with Crippen molar-refractivity contribution in [2.75, 3.05) is 29.9 Å². The van der Waals surface area contributed by atoms with Gasteiger partial charge in [-0.2, -0.15) is 0 Å². The zero-order valence-electron chi connectivity index (χ0n) is 18.2. The monoisotopic (exact) mass is 428 g/mol. The van der Waals surface area contributed by atoms with Gasteiger partial charge in [0.25, 0.3) is 0 Å². The molecule has 8 heteroatoms. The molecule has 2 fully saturated rings. The molecule has 0 radical (unpaired) electrons. The lowest BCUT2D eigenvalue weighted by atomic mass is 9.96. The molecule has 0 aromatic carbocycles. The average molecular weight is 429 g/mol. The van der Waals surface area contributed by atoms with Gasteiger partial charge in [-0.05, 0) is 59.1 Å². The van der Waals surface area contributed by atoms with Gasteiger partial charge in [0.1, 0.15) is 0 Å². The molecule has 0 bridgehead atoms. The first-order valence-electron chi connectivity index (χ1n) is 11.0. The highest BCUT2D eigenvalue weighted by Gasteiger charge is 2.27. The van der Waals surface area contributed by atoms with E-state index in [-0.39, 0.29) is 11.8 Å². The number of carbonyl (C=O) groups excluding carboxylic acids is 1. The Labute approximate surface area is 182 Å². The second kappa shape index (κ2) is 9.39. The Hall–Kier alpha value is -2.06.